The molecule has 0 amide bonds. The van der Waals surface area contributed by atoms with Crippen LogP contribution < -0.4 is 0 Å². The second-order valence-electron chi connectivity index (χ2n) is 2.61. The monoisotopic (exact) mass is 221 g/mol. The Hall–Kier alpha value is -1.51. The Balaban J connectivity index is 0. The van der Waals surface area contributed by atoms with Crippen molar-refractivity contribution in [2.75, 3.05) is 13.6 Å². The minimum atomic E-state index is 0.841. The summed E-state index contributed by atoms with van der Waals surface area (Å²) < 4.78 is 0. The van der Waals surface area contributed by atoms with E-state index in [1.807, 2.05) is 39.8 Å². The standard InChI is InChI=1S/C9H12N2.C2H5N.C2H6/c1-3-11-8(2)9-4-6-10-7-5-9;1-3-2;1-2/h4-7H,3H2,1-2H3;1H2,2H3;1-2H3. The van der Waals surface area contributed by atoms with Gasteiger partial charge in [0.15, 0.2) is 0 Å². The molecule has 0 spiro atoms. The van der Waals surface area contributed by atoms with E-state index in [0.29, 0.717) is 0 Å². The maximum Gasteiger partial charge on any atom is 0.0390 e. The van der Waals surface area contributed by atoms with Gasteiger partial charge in [-0.1, -0.05) is 13.8 Å². The molecule has 0 saturated carbocycles. The molecule has 0 aromatic carbocycles. The average molecular weight is 221 g/mol. The lowest BCUT2D eigenvalue weighted by Crippen LogP contribution is -1.94. The van der Waals surface area contributed by atoms with E-state index in [1.54, 1.807) is 19.4 Å². The van der Waals surface area contributed by atoms with Gasteiger partial charge in [0, 0.05) is 31.7 Å². The molecule has 3 nitrogen and oxygen atoms in total. The summed E-state index contributed by atoms with van der Waals surface area (Å²) in [7, 11) is 1.64. The van der Waals surface area contributed by atoms with Crippen molar-refractivity contribution in [3.63, 3.8) is 0 Å². The zero-order valence-electron chi connectivity index (χ0n) is 11.1. The molecule has 0 fully saturated rings. The third kappa shape index (κ3) is 9.06. The second-order valence-corrected chi connectivity index (χ2v) is 2.61. The predicted octanol–water partition coefficient (Wildman–Crippen LogP) is 3.25. The fourth-order valence-electron chi connectivity index (χ4n) is 0.922. The van der Waals surface area contributed by atoms with E-state index in [2.05, 4.69) is 21.7 Å². The number of hydrogen-bond acceptors (Lipinski definition) is 3. The number of nitrogens with zero attached hydrogens (tertiary/aromatic N) is 3. The number of pyridine rings is 1. The van der Waals surface area contributed by atoms with Crippen molar-refractivity contribution >= 4 is 12.4 Å². The van der Waals surface area contributed by atoms with Crippen molar-refractivity contribution in [2.45, 2.75) is 27.7 Å². The Kier molecular flexibility index (Phi) is 14.3. The number of rotatable bonds is 2. The summed E-state index contributed by atoms with van der Waals surface area (Å²) in [4.78, 5) is 11.5. The summed E-state index contributed by atoms with van der Waals surface area (Å²) in [6.07, 6.45) is 3.56. The summed E-state index contributed by atoms with van der Waals surface area (Å²) in [5.41, 5.74) is 2.23. The molecule has 0 aliphatic heterocycles. The minimum Gasteiger partial charge on any atom is -0.304 e. The van der Waals surface area contributed by atoms with E-state index in [4.69, 9.17) is 0 Å². The van der Waals surface area contributed by atoms with E-state index in [-0.39, 0.29) is 0 Å². The largest absolute Gasteiger partial charge is 0.304 e. The van der Waals surface area contributed by atoms with Gasteiger partial charge in [-0.3, -0.25) is 9.98 Å². The number of hydrogen-bond donors (Lipinski definition) is 0. The molecule has 3 heteroatoms. The molecule has 0 unspecified atom stereocenters. The van der Waals surface area contributed by atoms with Crippen molar-refractivity contribution < 1.29 is 0 Å². The predicted molar refractivity (Wildman–Crippen MR) is 73.8 cm³/mol. The molecule has 90 valence electrons. The van der Waals surface area contributed by atoms with Crippen LogP contribution in [-0.4, -0.2) is 31.0 Å². The van der Waals surface area contributed by atoms with E-state index in [1.165, 1.54) is 0 Å². The smallest absolute Gasteiger partial charge is 0.0390 e. The molecular formula is C13H23N3. The maximum absolute atomic E-state index is 4.28. The molecule has 0 N–H and O–H groups in total. The van der Waals surface area contributed by atoms with Crippen LogP contribution in [0.15, 0.2) is 34.5 Å². The van der Waals surface area contributed by atoms with Crippen LogP contribution in [0.1, 0.15) is 33.3 Å². The zero-order valence-corrected chi connectivity index (χ0v) is 11.1. The highest BCUT2D eigenvalue weighted by atomic mass is 14.7. The molecule has 0 atom stereocenters. The summed E-state index contributed by atoms with van der Waals surface area (Å²) >= 11 is 0. The molecule has 1 aromatic rings. The second kappa shape index (κ2) is 13.5. The van der Waals surface area contributed by atoms with Gasteiger partial charge < -0.3 is 4.99 Å². The molecule has 0 radical (unpaired) electrons. The third-order valence-electron chi connectivity index (χ3n) is 1.49. The highest BCUT2D eigenvalue weighted by Crippen LogP contribution is 1.98. The average Bonchev–Trinajstić information content (AvgIpc) is 2.34. The molecule has 0 bridgehead atoms. The maximum atomic E-state index is 4.28. The molecule has 1 rings (SSSR count). The van der Waals surface area contributed by atoms with Crippen molar-refractivity contribution in [3.05, 3.63) is 30.1 Å². The molecule has 0 aliphatic rings. The van der Waals surface area contributed by atoms with Gasteiger partial charge >= 0.3 is 0 Å². The van der Waals surface area contributed by atoms with Crippen LogP contribution in [0.3, 0.4) is 0 Å². The lowest BCUT2D eigenvalue weighted by Gasteiger charge is -1.97. The molecule has 1 aromatic heterocycles. The summed E-state index contributed by atoms with van der Waals surface area (Å²) in [6.45, 7) is 12.0. The third-order valence-corrected chi connectivity index (χ3v) is 1.49. The van der Waals surface area contributed by atoms with Crippen LogP contribution in [0.2, 0.25) is 0 Å². The van der Waals surface area contributed by atoms with Crippen LogP contribution in [0.4, 0.5) is 0 Å². The first-order valence-corrected chi connectivity index (χ1v) is 5.52. The number of aliphatic imine (C=N–C) groups is 2. The van der Waals surface area contributed by atoms with Crippen molar-refractivity contribution in [1.29, 1.82) is 0 Å². The molecule has 0 saturated heterocycles. The van der Waals surface area contributed by atoms with Gasteiger partial charge in [-0.15, -0.1) is 0 Å². The highest BCUT2D eigenvalue weighted by Gasteiger charge is 1.92. The highest BCUT2D eigenvalue weighted by molar-refractivity contribution is 5.98. The van der Waals surface area contributed by atoms with Gasteiger partial charge in [0.1, 0.15) is 0 Å². The molecule has 1 heterocycles. The van der Waals surface area contributed by atoms with Crippen LogP contribution in [-0.2, 0) is 0 Å². The topological polar surface area (TPSA) is 37.6 Å². The van der Waals surface area contributed by atoms with Crippen molar-refractivity contribution in [3.8, 4) is 0 Å². The lowest BCUT2D eigenvalue weighted by molar-refractivity contribution is 1.12. The van der Waals surface area contributed by atoms with Gasteiger partial charge in [-0.2, -0.15) is 0 Å². The Bertz CT molecular complexity index is 278. The van der Waals surface area contributed by atoms with Crippen LogP contribution in [0.5, 0.6) is 0 Å². The van der Waals surface area contributed by atoms with Crippen LogP contribution >= 0.6 is 0 Å². The SMILES string of the molecule is C=NC.CC.CCN=C(C)c1ccncc1. The van der Waals surface area contributed by atoms with Gasteiger partial charge in [-0.25, -0.2) is 0 Å². The van der Waals surface area contributed by atoms with Gasteiger partial charge in [-0.05, 0) is 38.3 Å². The minimum absolute atomic E-state index is 0.841. The van der Waals surface area contributed by atoms with E-state index >= 15 is 0 Å². The fraction of sp³-hybridized carbons (Fsp3) is 0.462. The Morgan fingerprint density at radius 1 is 1.31 bits per heavy atom. The first kappa shape index (κ1) is 16.9. The molecule has 16 heavy (non-hydrogen) atoms. The van der Waals surface area contributed by atoms with Crippen LogP contribution in [0.25, 0.3) is 0 Å². The molecule has 0 aliphatic carbocycles. The molecular weight excluding hydrogens is 198 g/mol. The first-order chi connectivity index (χ1) is 7.76. The van der Waals surface area contributed by atoms with E-state index < -0.39 is 0 Å². The Morgan fingerprint density at radius 2 is 1.75 bits per heavy atom. The fourth-order valence-corrected chi connectivity index (χ4v) is 0.922. The zero-order chi connectivity index (χ0) is 12.8. The van der Waals surface area contributed by atoms with E-state index in [0.717, 1.165) is 17.8 Å². The normalized spacial score (nSPS) is 9.19. The quantitative estimate of drug-likeness (QED) is 0.706. The van der Waals surface area contributed by atoms with Crippen molar-refractivity contribution in [2.24, 2.45) is 9.98 Å². The van der Waals surface area contributed by atoms with Gasteiger partial charge in [0.25, 0.3) is 0 Å². The van der Waals surface area contributed by atoms with Gasteiger partial charge in [0.05, 0.1) is 0 Å². The van der Waals surface area contributed by atoms with Crippen LogP contribution in [0, 0.1) is 0 Å². The lowest BCUT2D eigenvalue weighted by atomic mass is 10.2. The Labute approximate surface area is 99.4 Å². The first-order valence-electron chi connectivity index (χ1n) is 5.52. The summed E-state index contributed by atoms with van der Waals surface area (Å²) in [5.74, 6) is 0. The summed E-state index contributed by atoms with van der Waals surface area (Å²) in [5, 5.41) is 0. The number of aromatic nitrogens is 1. The summed E-state index contributed by atoms with van der Waals surface area (Å²) in [6, 6.07) is 3.93. The van der Waals surface area contributed by atoms with Gasteiger partial charge in [0.2, 0.25) is 0 Å². The van der Waals surface area contributed by atoms with E-state index in [9.17, 15) is 0 Å². The van der Waals surface area contributed by atoms with Crippen molar-refractivity contribution in [1.82, 2.24) is 4.98 Å². The Morgan fingerprint density at radius 3 is 2.12 bits per heavy atom.